The van der Waals surface area contributed by atoms with E-state index in [9.17, 15) is 13.9 Å². The molecule has 1 atom stereocenters. The van der Waals surface area contributed by atoms with Crippen LogP contribution in [0, 0.1) is 11.6 Å². The lowest BCUT2D eigenvalue weighted by atomic mass is 10.0. The van der Waals surface area contributed by atoms with Crippen molar-refractivity contribution in [3.63, 3.8) is 0 Å². The number of aliphatic hydroxyl groups is 1. The summed E-state index contributed by atoms with van der Waals surface area (Å²) in [7, 11) is 0. The van der Waals surface area contributed by atoms with Crippen LogP contribution in [0.3, 0.4) is 0 Å². The lowest BCUT2D eigenvalue weighted by Gasteiger charge is -2.16. The van der Waals surface area contributed by atoms with Crippen LogP contribution in [0.2, 0.25) is 0 Å². The van der Waals surface area contributed by atoms with Crippen LogP contribution in [0.15, 0.2) is 47.9 Å². The highest BCUT2D eigenvalue weighted by atomic mass is 19.2. The summed E-state index contributed by atoms with van der Waals surface area (Å²) in [6.07, 6.45) is 5.69. The first kappa shape index (κ1) is 12.7. The molecule has 2 aromatic rings. The number of allylic oxidation sites excluding steroid dienone is 1. The summed E-state index contributed by atoms with van der Waals surface area (Å²) in [6.45, 7) is 0. The second-order valence-electron chi connectivity index (χ2n) is 4.36. The molecule has 0 saturated carbocycles. The third-order valence-corrected chi connectivity index (χ3v) is 3.12. The Hall–Kier alpha value is -2.34. The molecule has 1 unspecified atom stereocenters. The number of hydrogen-bond acceptors (Lipinski definition) is 3. The normalized spacial score (nSPS) is 15.4. The zero-order chi connectivity index (χ0) is 14.1. The molecule has 0 aliphatic carbocycles. The molecule has 0 radical (unpaired) electrons. The molecule has 0 bridgehead atoms. The summed E-state index contributed by atoms with van der Waals surface area (Å²) in [5.41, 5.74) is 0.622. The molecule has 0 fully saturated rings. The number of rotatable bonds is 3. The Labute approximate surface area is 113 Å². The molecule has 0 spiro atoms. The van der Waals surface area contributed by atoms with E-state index in [-0.39, 0.29) is 11.3 Å². The molecular weight excluding hydrogens is 264 g/mol. The van der Waals surface area contributed by atoms with Crippen molar-refractivity contribution in [2.24, 2.45) is 4.99 Å². The number of aromatic nitrogens is 2. The van der Waals surface area contributed by atoms with Crippen molar-refractivity contribution < 1.29 is 13.9 Å². The highest BCUT2D eigenvalue weighted by Gasteiger charge is 2.24. The molecule has 1 aliphatic rings. The molecule has 3 rings (SSSR count). The van der Waals surface area contributed by atoms with E-state index in [0.29, 0.717) is 12.1 Å². The first-order chi connectivity index (χ1) is 9.68. The van der Waals surface area contributed by atoms with Gasteiger partial charge in [0.25, 0.3) is 0 Å². The molecule has 1 N–H and O–H groups in total. The van der Waals surface area contributed by atoms with Crippen LogP contribution in [-0.2, 0) is 0 Å². The Balaban J connectivity index is 2.13. The van der Waals surface area contributed by atoms with Gasteiger partial charge in [-0.15, -0.1) is 0 Å². The summed E-state index contributed by atoms with van der Waals surface area (Å²) in [5, 5.41) is 14.2. The van der Waals surface area contributed by atoms with Crippen molar-refractivity contribution in [3.8, 4) is 5.69 Å². The third-order valence-electron chi connectivity index (χ3n) is 3.12. The molecule has 1 aliphatic heterocycles. The quantitative estimate of drug-likeness (QED) is 0.935. The van der Waals surface area contributed by atoms with Crippen molar-refractivity contribution in [3.05, 3.63) is 60.1 Å². The van der Waals surface area contributed by atoms with Gasteiger partial charge in [-0.3, -0.25) is 4.99 Å². The van der Waals surface area contributed by atoms with Gasteiger partial charge in [0.2, 0.25) is 0 Å². The predicted molar refractivity (Wildman–Crippen MR) is 69.6 cm³/mol. The average Bonchev–Trinajstić information content (AvgIpc) is 3.13. The number of nitrogens with zero attached hydrogens (tertiary/aromatic N) is 3. The topological polar surface area (TPSA) is 50.4 Å². The first-order valence-corrected chi connectivity index (χ1v) is 6.06. The van der Waals surface area contributed by atoms with E-state index in [1.165, 1.54) is 23.1 Å². The van der Waals surface area contributed by atoms with Gasteiger partial charge in [0.1, 0.15) is 11.8 Å². The van der Waals surface area contributed by atoms with Crippen LogP contribution >= 0.6 is 0 Å². The van der Waals surface area contributed by atoms with Gasteiger partial charge >= 0.3 is 0 Å². The maximum Gasteiger partial charge on any atom is 0.184 e. The van der Waals surface area contributed by atoms with E-state index in [1.54, 1.807) is 18.3 Å². The van der Waals surface area contributed by atoms with Gasteiger partial charge in [0.15, 0.2) is 11.6 Å². The van der Waals surface area contributed by atoms with Crippen LogP contribution in [0.4, 0.5) is 8.78 Å². The average molecular weight is 275 g/mol. The van der Waals surface area contributed by atoms with Crippen molar-refractivity contribution in [2.45, 2.75) is 12.5 Å². The Morgan fingerprint density at radius 3 is 2.80 bits per heavy atom. The maximum atomic E-state index is 14.1. The smallest absolute Gasteiger partial charge is 0.184 e. The molecule has 1 aromatic heterocycles. The molecular formula is C14H11F2N3O. The minimum Gasteiger partial charge on any atom is -0.382 e. The van der Waals surface area contributed by atoms with Crippen molar-refractivity contribution in [1.29, 1.82) is 0 Å². The fourth-order valence-corrected chi connectivity index (χ4v) is 2.15. The van der Waals surface area contributed by atoms with Gasteiger partial charge in [0, 0.05) is 30.6 Å². The van der Waals surface area contributed by atoms with Crippen molar-refractivity contribution >= 4 is 5.71 Å². The SMILES string of the molecule is OC(C1=NC=CC1)c1ccc(F)c(F)c1-n1cccn1. The highest BCUT2D eigenvalue weighted by molar-refractivity contribution is 5.93. The molecule has 4 nitrogen and oxygen atoms in total. The Morgan fingerprint density at radius 1 is 1.30 bits per heavy atom. The van der Waals surface area contributed by atoms with Gasteiger partial charge < -0.3 is 5.11 Å². The maximum absolute atomic E-state index is 14.1. The van der Waals surface area contributed by atoms with E-state index in [2.05, 4.69) is 10.1 Å². The number of hydrogen-bond donors (Lipinski definition) is 1. The Morgan fingerprint density at radius 2 is 2.15 bits per heavy atom. The van der Waals surface area contributed by atoms with Crippen LogP contribution in [0.5, 0.6) is 0 Å². The minimum atomic E-state index is -1.10. The molecule has 2 heterocycles. The largest absolute Gasteiger partial charge is 0.382 e. The monoisotopic (exact) mass is 275 g/mol. The summed E-state index contributed by atoms with van der Waals surface area (Å²) < 4.78 is 28.7. The van der Waals surface area contributed by atoms with Crippen LogP contribution in [0.25, 0.3) is 5.69 Å². The van der Waals surface area contributed by atoms with Crippen molar-refractivity contribution in [1.82, 2.24) is 9.78 Å². The summed E-state index contributed by atoms with van der Waals surface area (Å²) in [4.78, 5) is 4.03. The second kappa shape index (κ2) is 4.97. The minimum absolute atomic E-state index is 0.0999. The first-order valence-electron chi connectivity index (χ1n) is 6.06. The zero-order valence-corrected chi connectivity index (χ0v) is 10.4. The number of halogens is 2. The number of aliphatic hydroxyl groups excluding tert-OH is 1. The molecule has 0 saturated heterocycles. The summed E-state index contributed by atoms with van der Waals surface area (Å²) in [5.74, 6) is -2.03. The standard InChI is InChI=1S/C14H11F2N3O/c15-10-5-4-9(14(20)11-3-1-6-17-11)13(12(10)16)19-8-2-7-18-19/h1-2,4-8,14,20H,3H2. The predicted octanol–water partition coefficient (Wildman–Crippen LogP) is 2.54. The lowest BCUT2D eigenvalue weighted by molar-refractivity contribution is 0.244. The fraction of sp³-hybridized carbons (Fsp3) is 0.143. The van der Waals surface area contributed by atoms with Crippen LogP contribution in [0.1, 0.15) is 18.1 Å². The van der Waals surface area contributed by atoms with E-state index in [0.717, 1.165) is 6.07 Å². The van der Waals surface area contributed by atoms with Crippen LogP contribution in [-0.4, -0.2) is 20.6 Å². The lowest BCUT2D eigenvalue weighted by Crippen LogP contribution is -2.15. The van der Waals surface area contributed by atoms with Crippen LogP contribution < -0.4 is 0 Å². The molecule has 102 valence electrons. The van der Waals surface area contributed by atoms with E-state index >= 15 is 0 Å². The third kappa shape index (κ3) is 2.04. The van der Waals surface area contributed by atoms with Crippen molar-refractivity contribution in [2.75, 3.05) is 0 Å². The molecule has 0 amide bonds. The van der Waals surface area contributed by atoms with E-state index in [1.807, 2.05) is 0 Å². The Kier molecular flexibility index (Phi) is 3.15. The zero-order valence-electron chi connectivity index (χ0n) is 10.4. The van der Waals surface area contributed by atoms with E-state index < -0.39 is 17.7 Å². The van der Waals surface area contributed by atoms with E-state index in [4.69, 9.17) is 0 Å². The number of benzene rings is 1. The molecule has 20 heavy (non-hydrogen) atoms. The number of aliphatic imine (C=N–C) groups is 1. The van der Waals surface area contributed by atoms with Gasteiger partial charge in [-0.2, -0.15) is 5.10 Å². The van der Waals surface area contributed by atoms with Gasteiger partial charge in [-0.1, -0.05) is 12.1 Å². The second-order valence-corrected chi connectivity index (χ2v) is 4.36. The Bertz CT molecular complexity index is 693. The molecule has 1 aromatic carbocycles. The molecule has 6 heteroatoms. The fourth-order valence-electron chi connectivity index (χ4n) is 2.15. The highest BCUT2D eigenvalue weighted by Crippen LogP contribution is 2.28. The summed E-state index contributed by atoms with van der Waals surface area (Å²) >= 11 is 0. The van der Waals surface area contributed by atoms with Gasteiger partial charge in [-0.05, 0) is 12.1 Å². The summed E-state index contributed by atoms with van der Waals surface area (Å²) in [6, 6.07) is 3.93. The van der Waals surface area contributed by atoms with Gasteiger partial charge in [-0.25, -0.2) is 13.5 Å². The van der Waals surface area contributed by atoms with Gasteiger partial charge in [0.05, 0.1) is 5.71 Å².